The molecule has 4 nitrogen and oxygen atoms in total. The lowest BCUT2D eigenvalue weighted by Gasteiger charge is -2.06. The molecule has 0 fully saturated rings. The van der Waals surface area contributed by atoms with Crippen LogP contribution in [-0.2, 0) is 11.3 Å². The van der Waals surface area contributed by atoms with Crippen molar-refractivity contribution in [3.63, 3.8) is 0 Å². The molecule has 20 heavy (non-hydrogen) atoms. The Labute approximate surface area is 124 Å². The van der Waals surface area contributed by atoms with Gasteiger partial charge in [0.05, 0.1) is 23.7 Å². The van der Waals surface area contributed by atoms with E-state index in [2.05, 4.69) is 10.1 Å². The van der Waals surface area contributed by atoms with E-state index in [1.165, 1.54) is 25.3 Å². The van der Waals surface area contributed by atoms with Crippen LogP contribution in [0.2, 0.25) is 10.0 Å². The molecule has 0 aliphatic rings. The number of furan rings is 1. The molecule has 0 bridgehead atoms. The Morgan fingerprint density at radius 3 is 2.60 bits per heavy atom. The third kappa shape index (κ3) is 3.23. The highest BCUT2D eigenvalue weighted by molar-refractivity contribution is 6.35. The Kier molecular flexibility index (Phi) is 4.52. The van der Waals surface area contributed by atoms with Gasteiger partial charge in [0, 0.05) is 5.69 Å². The second kappa shape index (κ2) is 6.15. The lowest BCUT2D eigenvalue weighted by molar-refractivity contribution is 0.0563. The number of hydrogen-bond acceptors (Lipinski definition) is 4. The molecule has 0 unspecified atom stereocenters. The first-order chi connectivity index (χ1) is 9.51. The zero-order valence-corrected chi connectivity index (χ0v) is 11.9. The van der Waals surface area contributed by atoms with Crippen LogP contribution >= 0.6 is 23.2 Å². The minimum Gasteiger partial charge on any atom is -0.463 e. The molecule has 1 N–H and O–H groups in total. The van der Waals surface area contributed by atoms with Gasteiger partial charge in [-0.05, 0) is 24.3 Å². The summed E-state index contributed by atoms with van der Waals surface area (Å²) in [7, 11) is 1.27. The van der Waals surface area contributed by atoms with Crippen LogP contribution in [0.5, 0.6) is 0 Å². The van der Waals surface area contributed by atoms with E-state index in [9.17, 15) is 9.18 Å². The fourth-order valence-electron chi connectivity index (χ4n) is 1.53. The van der Waals surface area contributed by atoms with Gasteiger partial charge in [0.1, 0.15) is 5.76 Å². The molecule has 0 amide bonds. The average molecular weight is 318 g/mol. The van der Waals surface area contributed by atoms with E-state index < -0.39 is 11.8 Å². The summed E-state index contributed by atoms with van der Waals surface area (Å²) in [5.74, 6) is -0.588. The van der Waals surface area contributed by atoms with Crippen LogP contribution in [0.1, 0.15) is 16.3 Å². The van der Waals surface area contributed by atoms with Crippen molar-refractivity contribution in [1.29, 1.82) is 0 Å². The quantitative estimate of drug-likeness (QED) is 0.680. The maximum atomic E-state index is 13.2. The van der Waals surface area contributed by atoms with Gasteiger partial charge in [-0.2, -0.15) is 0 Å². The van der Waals surface area contributed by atoms with Crippen LogP contribution in [0.15, 0.2) is 28.7 Å². The molecule has 0 spiro atoms. The maximum absolute atomic E-state index is 13.2. The van der Waals surface area contributed by atoms with Crippen LogP contribution < -0.4 is 5.32 Å². The molecule has 2 rings (SSSR count). The number of nitrogens with one attached hydrogen (secondary N) is 1. The van der Waals surface area contributed by atoms with Crippen molar-refractivity contribution in [2.45, 2.75) is 6.54 Å². The van der Waals surface area contributed by atoms with Crippen LogP contribution in [0, 0.1) is 5.82 Å². The van der Waals surface area contributed by atoms with E-state index in [0.717, 1.165) is 0 Å². The standard InChI is InChI=1S/C13H10Cl2FNO3/c1-19-13(18)11-3-2-8(20-11)6-17-7-4-9(14)12(16)10(15)5-7/h2-5,17H,6H2,1H3. The van der Waals surface area contributed by atoms with Gasteiger partial charge >= 0.3 is 5.97 Å². The van der Waals surface area contributed by atoms with Crippen LogP contribution in [-0.4, -0.2) is 13.1 Å². The molecule has 0 saturated carbocycles. The van der Waals surface area contributed by atoms with E-state index in [1.54, 1.807) is 6.07 Å². The number of hydrogen-bond donors (Lipinski definition) is 1. The van der Waals surface area contributed by atoms with Crippen molar-refractivity contribution >= 4 is 34.9 Å². The Balaban J connectivity index is 2.05. The van der Waals surface area contributed by atoms with Crippen molar-refractivity contribution < 1.29 is 18.3 Å². The average Bonchev–Trinajstić information content (AvgIpc) is 2.90. The van der Waals surface area contributed by atoms with Gasteiger partial charge in [-0.3, -0.25) is 0 Å². The summed E-state index contributed by atoms with van der Waals surface area (Å²) in [5.41, 5.74) is 0.539. The fourth-order valence-corrected chi connectivity index (χ4v) is 2.02. The molecule has 106 valence electrons. The largest absolute Gasteiger partial charge is 0.463 e. The minimum absolute atomic E-state index is 0.0744. The number of esters is 1. The number of ether oxygens (including phenoxy) is 1. The van der Waals surface area contributed by atoms with Crippen molar-refractivity contribution in [2.75, 3.05) is 12.4 Å². The number of carbonyl (C=O) groups is 1. The fraction of sp³-hybridized carbons (Fsp3) is 0.154. The van der Waals surface area contributed by atoms with Gasteiger partial charge in [0.2, 0.25) is 5.76 Å². The van der Waals surface area contributed by atoms with Gasteiger partial charge in [0.25, 0.3) is 0 Å². The van der Waals surface area contributed by atoms with E-state index in [0.29, 0.717) is 11.4 Å². The first-order valence-corrected chi connectivity index (χ1v) is 6.32. The second-order valence-corrected chi connectivity index (χ2v) is 4.68. The summed E-state index contributed by atoms with van der Waals surface area (Å²) < 4.78 is 23.0. The molecule has 0 radical (unpaired) electrons. The number of halogens is 3. The Morgan fingerprint density at radius 2 is 2.00 bits per heavy atom. The molecule has 1 aromatic heterocycles. The second-order valence-electron chi connectivity index (χ2n) is 3.86. The zero-order valence-electron chi connectivity index (χ0n) is 10.4. The number of carbonyl (C=O) groups excluding carboxylic acids is 1. The highest BCUT2D eigenvalue weighted by Crippen LogP contribution is 2.27. The summed E-state index contributed by atoms with van der Waals surface area (Å²) in [5, 5.41) is 2.81. The number of benzene rings is 1. The normalized spacial score (nSPS) is 10.4. The Bertz CT molecular complexity index is 619. The van der Waals surface area contributed by atoms with Crippen LogP contribution in [0.3, 0.4) is 0 Å². The van der Waals surface area contributed by atoms with E-state index in [4.69, 9.17) is 27.6 Å². The predicted molar refractivity (Wildman–Crippen MR) is 73.8 cm³/mol. The molecule has 0 aliphatic carbocycles. The van der Waals surface area contributed by atoms with Gasteiger partial charge < -0.3 is 14.5 Å². The summed E-state index contributed by atoms with van der Waals surface area (Å²) >= 11 is 11.4. The highest BCUT2D eigenvalue weighted by Gasteiger charge is 2.11. The lowest BCUT2D eigenvalue weighted by atomic mass is 10.3. The zero-order chi connectivity index (χ0) is 14.7. The molecular weight excluding hydrogens is 308 g/mol. The molecule has 2 aromatic rings. The van der Waals surface area contributed by atoms with Crippen LogP contribution in [0.4, 0.5) is 10.1 Å². The lowest BCUT2D eigenvalue weighted by Crippen LogP contribution is -2.00. The Morgan fingerprint density at radius 1 is 1.35 bits per heavy atom. The maximum Gasteiger partial charge on any atom is 0.373 e. The number of methoxy groups -OCH3 is 1. The summed E-state index contributed by atoms with van der Waals surface area (Å²) in [6.45, 7) is 0.287. The van der Waals surface area contributed by atoms with Crippen molar-refractivity contribution in [1.82, 2.24) is 0 Å². The molecule has 1 aromatic carbocycles. The summed E-state index contributed by atoms with van der Waals surface area (Å²) in [4.78, 5) is 11.2. The molecule has 0 aliphatic heterocycles. The summed E-state index contributed by atoms with van der Waals surface area (Å²) in [6.07, 6.45) is 0. The van der Waals surface area contributed by atoms with Gasteiger partial charge in [-0.15, -0.1) is 0 Å². The van der Waals surface area contributed by atoms with E-state index in [-0.39, 0.29) is 22.4 Å². The third-order valence-corrected chi connectivity index (χ3v) is 3.05. The van der Waals surface area contributed by atoms with Gasteiger partial charge in [0.15, 0.2) is 5.82 Å². The Hall–Kier alpha value is -1.72. The first kappa shape index (κ1) is 14.7. The summed E-state index contributed by atoms with van der Waals surface area (Å²) in [6, 6.07) is 5.96. The monoisotopic (exact) mass is 317 g/mol. The van der Waals surface area contributed by atoms with Crippen LogP contribution in [0.25, 0.3) is 0 Å². The smallest absolute Gasteiger partial charge is 0.373 e. The van der Waals surface area contributed by atoms with Crippen molar-refractivity contribution in [2.24, 2.45) is 0 Å². The molecule has 0 saturated heterocycles. The third-order valence-electron chi connectivity index (χ3n) is 2.50. The minimum atomic E-state index is -0.662. The highest BCUT2D eigenvalue weighted by atomic mass is 35.5. The SMILES string of the molecule is COC(=O)c1ccc(CNc2cc(Cl)c(F)c(Cl)c2)o1. The number of rotatable bonds is 4. The van der Waals surface area contributed by atoms with E-state index >= 15 is 0 Å². The van der Waals surface area contributed by atoms with Gasteiger partial charge in [-0.1, -0.05) is 23.2 Å². The van der Waals surface area contributed by atoms with E-state index in [1.807, 2.05) is 0 Å². The van der Waals surface area contributed by atoms with Gasteiger partial charge in [-0.25, -0.2) is 9.18 Å². The van der Waals surface area contributed by atoms with Crippen molar-refractivity contribution in [3.05, 3.63) is 51.6 Å². The topological polar surface area (TPSA) is 51.5 Å². The molecule has 1 heterocycles. The molecule has 0 atom stereocenters. The molecular formula is C13H10Cl2FNO3. The number of anilines is 1. The predicted octanol–water partition coefficient (Wildman–Crippen LogP) is 4.12. The first-order valence-electron chi connectivity index (χ1n) is 5.56. The van der Waals surface area contributed by atoms with Crippen molar-refractivity contribution in [3.8, 4) is 0 Å². The molecule has 7 heteroatoms.